The molecule has 1 aliphatic heterocycles. The normalized spacial score (nSPS) is 24.0. The van der Waals surface area contributed by atoms with Gasteiger partial charge in [-0.05, 0) is 32.0 Å². The molecule has 1 saturated heterocycles. The maximum absolute atomic E-state index is 5.38. The van der Waals surface area contributed by atoms with Crippen LogP contribution in [0.1, 0.15) is 44.9 Å². The van der Waals surface area contributed by atoms with E-state index in [9.17, 15) is 0 Å². The predicted octanol–water partition coefficient (Wildman–Crippen LogP) is 1.62. The lowest BCUT2D eigenvalue weighted by molar-refractivity contribution is 0.299. The van der Waals surface area contributed by atoms with Crippen LogP contribution in [0.5, 0.6) is 0 Å². The van der Waals surface area contributed by atoms with Crippen molar-refractivity contribution in [3.63, 3.8) is 0 Å². The smallest absolute Gasteiger partial charge is 0.244 e. The maximum atomic E-state index is 5.38. The number of rotatable bonds is 6. The molecule has 1 aliphatic rings. The average Bonchev–Trinajstić information content (AvgIpc) is 2.99. The number of nitrogens with zero attached hydrogens (tertiary/aromatic N) is 3. The number of hydrogen-bond acceptors (Lipinski definition) is 5. The molecule has 0 spiro atoms. The molecule has 0 radical (unpaired) electrons. The van der Waals surface area contributed by atoms with E-state index < -0.39 is 0 Å². The van der Waals surface area contributed by atoms with Crippen LogP contribution in [0.2, 0.25) is 0 Å². The molecule has 0 aliphatic carbocycles. The minimum absolute atomic E-state index is 0.250. The Balaban J connectivity index is 1.90. The first-order valence-corrected chi connectivity index (χ1v) is 7.02. The highest BCUT2D eigenvalue weighted by molar-refractivity contribution is 4.98. The summed E-state index contributed by atoms with van der Waals surface area (Å²) in [5, 5.41) is 7.50. The van der Waals surface area contributed by atoms with Crippen molar-refractivity contribution in [3.05, 3.63) is 11.7 Å². The van der Waals surface area contributed by atoms with Crippen molar-refractivity contribution in [2.45, 2.75) is 39.7 Å². The van der Waals surface area contributed by atoms with Crippen LogP contribution in [0.15, 0.2) is 4.52 Å². The Kier molecular flexibility index (Phi) is 4.72. The largest absolute Gasteiger partial charge is 0.338 e. The first-order chi connectivity index (χ1) is 8.74. The number of nitrogens with one attached hydrogen (secondary N) is 1. The SMILES string of the molecule is CCN(CC)CCc1noc(C2NCCC2C)n1. The topological polar surface area (TPSA) is 54.2 Å². The predicted molar refractivity (Wildman–Crippen MR) is 70.3 cm³/mol. The molecule has 2 rings (SSSR count). The Morgan fingerprint density at radius 2 is 2.17 bits per heavy atom. The molecule has 102 valence electrons. The Morgan fingerprint density at radius 3 is 2.78 bits per heavy atom. The van der Waals surface area contributed by atoms with Crippen LogP contribution >= 0.6 is 0 Å². The Bertz CT molecular complexity index is 362. The molecule has 1 aromatic rings. The van der Waals surface area contributed by atoms with Crippen LogP contribution in [-0.2, 0) is 6.42 Å². The van der Waals surface area contributed by atoms with E-state index >= 15 is 0 Å². The monoisotopic (exact) mass is 252 g/mol. The fourth-order valence-electron chi connectivity index (χ4n) is 2.46. The third kappa shape index (κ3) is 3.09. The van der Waals surface area contributed by atoms with Gasteiger partial charge in [0.2, 0.25) is 5.89 Å². The van der Waals surface area contributed by atoms with Gasteiger partial charge in [0, 0.05) is 13.0 Å². The molecule has 2 unspecified atom stereocenters. The van der Waals surface area contributed by atoms with Gasteiger partial charge in [-0.15, -0.1) is 0 Å². The summed E-state index contributed by atoms with van der Waals surface area (Å²) in [5.74, 6) is 2.17. The van der Waals surface area contributed by atoms with Gasteiger partial charge in [-0.3, -0.25) is 0 Å². The van der Waals surface area contributed by atoms with Crippen LogP contribution in [0.4, 0.5) is 0 Å². The second-order valence-electron chi connectivity index (χ2n) is 5.02. The molecule has 0 bridgehead atoms. The second-order valence-corrected chi connectivity index (χ2v) is 5.02. The van der Waals surface area contributed by atoms with E-state index in [1.54, 1.807) is 0 Å². The maximum Gasteiger partial charge on any atom is 0.244 e. The molecule has 2 atom stereocenters. The molecule has 5 nitrogen and oxygen atoms in total. The quantitative estimate of drug-likeness (QED) is 0.834. The fourth-order valence-corrected chi connectivity index (χ4v) is 2.46. The van der Waals surface area contributed by atoms with E-state index in [1.807, 2.05) is 0 Å². The lowest BCUT2D eigenvalue weighted by atomic mass is 10.0. The van der Waals surface area contributed by atoms with Gasteiger partial charge in [-0.25, -0.2) is 0 Å². The van der Waals surface area contributed by atoms with Crippen molar-refractivity contribution in [3.8, 4) is 0 Å². The van der Waals surface area contributed by atoms with E-state index in [1.165, 1.54) is 6.42 Å². The van der Waals surface area contributed by atoms with E-state index in [4.69, 9.17) is 4.52 Å². The minimum atomic E-state index is 0.250. The zero-order chi connectivity index (χ0) is 13.0. The van der Waals surface area contributed by atoms with Crippen LogP contribution < -0.4 is 5.32 Å². The van der Waals surface area contributed by atoms with Gasteiger partial charge in [-0.2, -0.15) is 4.98 Å². The average molecular weight is 252 g/mol. The van der Waals surface area contributed by atoms with E-state index in [0.717, 1.165) is 44.3 Å². The molecule has 1 N–H and O–H groups in total. The fraction of sp³-hybridized carbons (Fsp3) is 0.846. The van der Waals surface area contributed by atoms with Gasteiger partial charge in [0.05, 0.1) is 6.04 Å². The molecule has 1 aromatic heterocycles. The molecule has 0 saturated carbocycles. The van der Waals surface area contributed by atoms with Gasteiger partial charge in [-0.1, -0.05) is 25.9 Å². The summed E-state index contributed by atoms with van der Waals surface area (Å²) < 4.78 is 5.38. The highest BCUT2D eigenvalue weighted by Gasteiger charge is 2.29. The summed E-state index contributed by atoms with van der Waals surface area (Å²) in [6.45, 7) is 10.8. The van der Waals surface area contributed by atoms with Crippen molar-refractivity contribution in [2.75, 3.05) is 26.2 Å². The lowest BCUT2D eigenvalue weighted by Crippen LogP contribution is -2.25. The van der Waals surface area contributed by atoms with Crippen LogP contribution in [0, 0.1) is 5.92 Å². The zero-order valence-electron chi connectivity index (χ0n) is 11.6. The molecule has 1 fully saturated rings. The molecule has 0 aromatic carbocycles. The van der Waals surface area contributed by atoms with Crippen molar-refractivity contribution in [1.82, 2.24) is 20.4 Å². The van der Waals surface area contributed by atoms with Crippen molar-refractivity contribution in [1.29, 1.82) is 0 Å². The molecule has 2 heterocycles. The first-order valence-electron chi connectivity index (χ1n) is 7.02. The summed E-state index contributed by atoms with van der Waals surface area (Å²) in [6, 6.07) is 0.250. The number of aromatic nitrogens is 2. The van der Waals surface area contributed by atoms with Crippen molar-refractivity contribution >= 4 is 0 Å². The van der Waals surface area contributed by atoms with E-state index in [-0.39, 0.29) is 6.04 Å². The minimum Gasteiger partial charge on any atom is -0.338 e. The van der Waals surface area contributed by atoms with Gasteiger partial charge in [0.15, 0.2) is 5.82 Å². The van der Waals surface area contributed by atoms with Crippen LogP contribution in [0.25, 0.3) is 0 Å². The third-order valence-electron chi connectivity index (χ3n) is 3.83. The summed E-state index contributed by atoms with van der Waals surface area (Å²) in [5.41, 5.74) is 0. The molecule has 5 heteroatoms. The number of hydrogen-bond donors (Lipinski definition) is 1. The molecular formula is C13H24N4O. The van der Waals surface area contributed by atoms with Gasteiger partial charge >= 0.3 is 0 Å². The zero-order valence-corrected chi connectivity index (χ0v) is 11.6. The second kappa shape index (κ2) is 6.29. The number of likely N-dealkylation sites (N-methyl/N-ethyl adjacent to an activating group) is 1. The highest BCUT2D eigenvalue weighted by atomic mass is 16.5. The van der Waals surface area contributed by atoms with E-state index in [0.29, 0.717) is 5.92 Å². The summed E-state index contributed by atoms with van der Waals surface area (Å²) in [4.78, 5) is 6.88. The van der Waals surface area contributed by atoms with Gasteiger partial charge in [0.25, 0.3) is 0 Å². The standard InChI is InChI=1S/C13H24N4O/c1-4-17(5-2)9-7-11-15-13(18-16-11)12-10(3)6-8-14-12/h10,12,14H,4-9H2,1-3H3. The van der Waals surface area contributed by atoms with Crippen LogP contribution in [-0.4, -0.2) is 41.2 Å². The summed E-state index contributed by atoms with van der Waals surface area (Å²) in [7, 11) is 0. The summed E-state index contributed by atoms with van der Waals surface area (Å²) in [6.07, 6.45) is 2.05. The van der Waals surface area contributed by atoms with Gasteiger partial charge < -0.3 is 14.7 Å². The third-order valence-corrected chi connectivity index (χ3v) is 3.83. The van der Waals surface area contributed by atoms with Gasteiger partial charge in [0.1, 0.15) is 0 Å². The molecule has 18 heavy (non-hydrogen) atoms. The highest BCUT2D eigenvalue weighted by Crippen LogP contribution is 2.27. The Morgan fingerprint density at radius 1 is 1.39 bits per heavy atom. The molecular weight excluding hydrogens is 228 g/mol. The van der Waals surface area contributed by atoms with Crippen molar-refractivity contribution < 1.29 is 4.52 Å². The van der Waals surface area contributed by atoms with Crippen molar-refractivity contribution in [2.24, 2.45) is 5.92 Å². The lowest BCUT2D eigenvalue weighted by Gasteiger charge is -2.16. The first kappa shape index (κ1) is 13.5. The van der Waals surface area contributed by atoms with E-state index in [2.05, 4.69) is 41.1 Å². The van der Waals surface area contributed by atoms with Crippen LogP contribution in [0.3, 0.4) is 0 Å². The summed E-state index contributed by atoms with van der Waals surface area (Å²) >= 11 is 0. The molecule has 0 amide bonds. The Labute approximate surface area is 109 Å². The Hall–Kier alpha value is -0.940.